The summed E-state index contributed by atoms with van der Waals surface area (Å²) in [5.74, 6) is 3.21. The minimum Gasteiger partial charge on any atom is -0.118 e. The lowest BCUT2D eigenvalue weighted by molar-refractivity contribution is 0.229. The zero-order valence-corrected chi connectivity index (χ0v) is 8.64. The largest absolute Gasteiger partial charge is 0.118 e. The van der Waals surface area contributed by atoms with E-state index < -0.39 is 0 Å². The van der Waals surface area contributed by atoms with Gasteiger partial charge in [0.2, 0.25) is 0 Å². The van der Waals surface area contributed by atoms with Crippen LogP contribution in [0.25, 0.3) is 0 Å². The molecule has 2 bridgehead atoms. The number of rotatable bonds is 0. The van der Waals surface area contributed by atoms with E-state index in [-0.39, 0.29) is 0 Å². The lowest BCUT2D eigenvalue weighted by Crippen LogP contribution is -2.33. The maximum Gasteiger partial charge on any atom is -0.0208 e. The molecule has 1 saturated heterocycles. The molecular weight excluding hydrogens is 151 g/mol. The molecule has 1 aliphatic carbocycles. The highest BCUT2D eigenvalue weighted by Gasteiger charge is 2.34. The van der Waals surface area contributed by atoms with Crippen LogP contribution in [0.3, 0.4) is 0 Å². The summed E-state index contributed by atoms with van der Waals surface area (Å²) in [5.41, 5.74) is 1.13. The molecule has 1 aliphatic heterocycles. The van der Waals surface area contributed by atoms with Gasteiger partial charge in [0.05, 0.1) is 0 Å². The Labute approximate surface area is 71.9 Å². The standard InChI is InChI=1S/C10H19P/c1-7-3-4-9-5-10(7)11-6-8(9)2/h7-11H,3-6H2,1-2H3/t7-,8?,9?,10?/m0/s1. The van der Waals surface area contributed by atoms with Gasteiger partial charge in [0.1, 0.15) is 0 Å². The molecular formula is C10H19P. The van der Waals surface area contributed by atoms with E-state index in [1.807, 2.05) is 0 Å². The summed E-state index contributed by atoms with van der Waals surface area (Å²) in [6.45, 7) is 4.92. The normalized spacial score (nSPS) is 52.9. The molecule has 11 heavy (non-hydrogen) atoms. The van der Waals surface area contributed by atoms with Crippen LogP contribution in [0.15, 0.2) is 0 Å². The van der Waals surface area contributed by atoms with Crippen molar-refractivity contribution in [1.82, 2.24) is 0 Å². The molecule has 2 aliphatic rings. The molecule has 1 saturated carbocycles. The van der Waals surface area contributed by atoms with Gasteiger partial charge in [0.15, 0.2) is 0 Å². The molecule has 0 radical (unpaired) electrons. The molecule has 4 unspecified atom stereocenters. The second-order valence-corrected chi connectivity index (χ2v) is 6.10. The molecule has 5 atom stereocenters. The third-order valence-corrected chi connectivity index (χ3v) is 5.95. The van der Waals surface area contributed by atoms with Gasteiger partial charge in [-0.05, 0) is 48.8 Å². The van der Waals surface area contributed by atoms with Gasteiger partial charge in [-0.2, -0.15) is 0 Å². The highest BCUT2D eigenvalue weighted by Crippen LogP contribution is 2.48. The van der Waals surface area contributed by atoms with Crippen molar-refractivity contribution in [3.05, 3.63) is 0 Å². The summed E-state index contributed by atoms with van der Waals surface area (Å²) in [6, 6.07) is 0. The predicted octanol–water partition coefficient (Wildman–Crippen LogP) is 3.12. The van der Waals surface area contributed by atoms with E-state index in [1.165, 1.54) is 21.4 Å². The maximum absolute atomic E-state index is 2.46. The van der Waals surface area contributed by atoms with Crippen molar-refractivity contribution in [1.29, 1.82) is 0 Å². The SMILES string of the molecule is CC1CPC2CC1CC[C@@H]2C. The predicted molar refractivity (Wildman–Crippen MR) is 52.6 cm³/mol. The molecule has 2 rings (SSSR count). The molecule has 0 N–H and O–H groups in total. The summed E-state index contributed by atoms with van der Waals surface area (Å²) in [5, 5.41) is 0. The van der Waals surface area contributed by atoms with Crippen LogP contribution in [0.5, 0.6) is 0 Å². The van der Waals surface area contributed by atoms with E-state index in [1.54, 1.807) is 12.6 Å². The van der Waals surface area contributed by atoms with Crippen LogP contribution in [0.2, 0.25) is 0 Å². The molecule has 0 spiro atoms. The number of hydrogen-bond acceptors (Lipinski definition) is 0. The zero-order chi connectivity index (χ0) is 7.84. The molecule has 1 heteroatoms. The van der Waals surface area contributed by atoms with Gasteiger partial charge in [-0.15, -0.1) is 8.58 Å². The first-order valence-electron chi connectivity index (χ1n) is 5.00. The second kappa shape index (κ2) is 3.05. The van der Waals surface area contributed by atoms with Crippen molar-refractivity contribution >= 4 is 8.58 Å². The van der Waals surface area contributed by atoms with Crippen molar-refractivity contribution in [2.75, 3.05) is 6.16 Å². The van der Waals surface area contributed by atoms with Crippen LogP contribution in [0, 0.1) is 17.8 Å². The van der Waals surface area contributed by atoms with Gasteiger partial charge < -0.3 is 0 Å². The molecule has 0 aromatic rings. The Morgan fingerprint density at radius 2 is 1.91 bits per heavy atom. The highest BCUT2D eigenvalue weighted by atomic mass is 31.1. The summed E-state index contributed by atoms with van der Waals surface area (Å²) < 4.78 is 0. The Hall–Kier alpha value is 0.430. The Morgan fingerprint density at radius 1 is 1.09 bits per heavy atom. The zero-order valence-electron chi connectivity index (χ0n) is 7.64. The van der Waals surface area contributed by atoms with Crippen LogP contribution in [-0.4, -0.2) is 11.8 Å². The summed E-state index contributed by atoms with van der Waals surface area (Å²) in [6.07, 6.45) is 6.16. The fourth-order valence-corrected chi connectivity index (χ4v) is 4.71. The van der Waals surface area contributed by atoms with Gasteiger partial charge in [-0.3, -0.25) is 0 Å². The van der Waals surface area contributed by atoms with Crippen molar-refractivity contribution in [2.45, 2.75) is 38.8 Å². The van der Waals surface area contributed by atoms with Gasteiger partial charge in [-0.1, -0.05) is 13.8 Å². The van der Waals surface area contributed by atoms with Crippen LogP contribution in [0.4, 0.5) is 0 Å². The van der Waals surface area contributed by atoms with Crippen LogP contribution >= 0.6 is 8.58 Å². The molecule has 1 heterocycles. The molecule has 64 valence electrons. The molecule has 0 aromatic carbocycles. The Balaban J connectivity index is 2.02. The minimum atomic E-state index is 1.05. The van der Waals surface area contributed by atoms with E-state index in [0.29, 0.717) is 0 Å². The quantitative estimate of drug-likeness (QED) is 0.490. The molecule has 0 aromatic heterocycles. The van der Waals surface area contributed by atoms with Gasteiger partial charge in [-0.25, -0.2) is 0 Å². The molecule has 2 fully saturated rings. The van der Waals surface area contributed by atoms with E-state index >= 15 is 0 Å². The van der Waals surface area contributed by atoms with E-state index in [9.17, 15) is 0 Å². The maximum atomic E-state index is 2.46. The third-order valence-electron chi connectivity index (χ3n) is 3.74. The third kappa shape index (κ3) is 1.47. The lowest BCUT2D eigenvalue weighted by Gasteiger charge is -2.42. The van der Waals surface area contributed by atoms with Crippen LogP contribution in [0.1, 0.15) is 33.1 Å². The van der Waals surface area contributed by atoms with Crippen molar-refractivity contribution in [2.24, 2.45) is 17.8 Å². The molecule has 0 nitrogen and oxygen atoms in total. The van der Waals surface area contributed by atoms with Crippen molar-refractivity contribution in [3.8, 4) is 0 Å². The fraction of sp³-hybridized carbons (Fsp3) is 1.00. The van der Waals surface area contributed by atoms with Crippen LogP contribution in [-0.2, 0) is 0 Å². The fourth-order valence-electron chi connectivity index (χ4n) is 2.66. The lowest BCUT2D eigenvalue weighted by atomic mass is 9.77. The summed E-state index contributed by atoms with van der Waals surface area (Å²) in [4.78, 5) is 0. The average molecular weight is 170 g/mol. The van der Waals surface area contributed by atoms with E-state index in [2.05, 4.69) is 13.8 Å². The van der Waals surface area contributed by atoms with E-state index in [0.717, 1.165) is 23.4 Å². The number of hydrogen-bond donors (Lipinski definition) is 0. The topological polar surface area (TPSA) is 0 Å². The molecule has 0 amide bonds. The monoisotopic (exact) mass is 170 g/mol. The van der Waals surface area contributed by atoms with Crippen molar-refractivity contribution < 1.29 is 0 Å². The second-order valence-electron chi connectivity index (χ2n) is 4.54. The first kappa shape index (κ1) is 8.05. The van der Waals surface area contributed by atoms with Gasteiger partial charge in [0.25, 0.3) is 0 Å². The minimum absolute atomic E-state index is 1.05. The Bertz CT molecular complexity index is 128. The Morgan fingerprint density at radius 3 is 2.73 bits per heavy atom. The summed E-state index contributed by atoms with van der Waals surface area (Å²) in [7, 11) is 1.29. The average Bonchev–Trinajstić information content (AvgIpc) is 2.02. The highest BCUT2D eigenvalue weighted by molar-refractivity contribution is 7.39. The number of fused-ring (bicyclic) bond motifs is 2. The van der Waals surface area contributed by atoms with E-state index in [4.69, 9.17) is 0 Å². The first-order chi connectivity index (χ1) is 5.27. The van der Waals surface area contributed by atoms with Crippen molar-refractivity contribution in [3.63, 3.8) is 0 Å². The summed E-state index contributed by atoms with van der Waals surface area (Å²) >= 11 is 0. The smallest absolute Gasteiger partial charge is 0.0208 e. The first-order valence-corrected chi connectivity index (χ1v) is 6.29. The van der Waals surface area contributed by atoms with Crippen LogP contribution < -0.4 is 0 Å². The Kier molecular flexibility index (Phi) is 2.23. The van der Waals surface area contributed by atoms with Gasteiger partial charge in [0, 0.05) is 0 Å². The van der Waals surface area contributed by atoms with Gasteiger partial charge >= 0.3 is 0 Å².